The molecule has 1 heterocycles. The Labute approximate surface area is 115 Å². The Morgan fingerprint density at radius 1 is 1.42 bits per heavy atom. The number of nitrogens with one attached hydrogen (secondary N) is 1. The maximum atomic E-state index is 12.6. The molecule has 0 amide bonds. The van der Waals surface area contributed by atoms with E-state index in [1.807, 2.05) is 0 Å². The largest absolute Gasteiger partial charge is 0.405 e. The van der Waals surface area contributed by atoms with Crippen LogP contribution in [-0.4, -0.2) is 30.8 Å². The molecule has 0 aliphatic rings. The van der Waals surface area contributed by atoms with E-state index in [0.717, 1.165) is 10.5 Å². The van der Waals surface area contributed by atoms with Crippen molar-refractivity contribution >= 4 is 17.4 Å². The summed E-state index contributed by atoms with van der Waals surface area (Å²) in [7, 11) is 1.77. The third-order valence-corrected chi connectivity index (χ3v) is 2.78. The molecule has 1 rings (SSSR count). The maximum Gasteiger partial charge on any atom is 0.405 e. The first kappa shape index (κ1) is 16.0. The van der Waals surface area contributed by atoms with E-state index in [4.69, 9.17) is 11.6 Å². The quantitative estimate of drug-likeness (QED) is 0.904. The second-order valence-electron chi connectivity index (χ2n) is 4.52. The van der Waals surface area contributed by atoms with Crippen LogP contribution < -0.4 is 10.2 Å². The lowest BCUT2D eigenvalue weighted by molar-refractivity contribution is -0.120. The molecule has 0 aliphatic heterocycles. The molecule has 1 aromatic rings. The van der Waals surface area contributed by atoms with Gasteiger partial charge in [-0.2, -0.15) is 13.2 Å². The molecule has 0 bridgehead atoms. The van der Waals surface area contributed by atoms with E-state index < -0.39 is 12.7 Å². The molecular formula is C12H17ClF3N3. The van der Waals surface area contributed by atoms with Crippen LogP contribution in [0.4, 0.5) is 19.0 Å². The summed E-state index contributed by atoms with van der Waals surface area (Å²) < 4.78 is 37.7. The highest BCUT2D eigenvalue weighted by atomic mass is 35.5. The van der Waals surface area contributed by atoms with Crippen LogP contribution in [0.5, 0.6) is 0 Å². The molecule has 1 aromatic heterocycles. The molecule has 0 saturated carbocycles. The average molecular weight is 296 g/mol. The fourth-order valence-electron chi connectivity index (χ4n) is 1.68. The van der Waals surface area contributed by atoms with Crippen molar-refractivity contribution in [2.75, 3.05) is 18.5 Å². The van der Waals surface area contributed by atoms with E-state index >= 15 is 0 Å². The number of nitrogens with zero attached hydrogens (tertiary/aromatic N) is 2. The standard InChI is InChI=1S/C12H17ClF3N3/c1-8(2)19(7-12(14,15)16)11-10(13)4-9(5-17-3)6-18-11/h4,6,8,17H,5,7H2,1-3H3. The summed E-state index contributed by atoms with van der Waals surface area (Å²) in [6.07, 6.45) is -2.76. The average Bonchev–Trinajstić information content (AvgIpc) is 2.25. The maximum absolute atomic E-state index is 12.6. The lowest BCUT2D eigenvalue weighted by atomic mass is 10.2. The van der Waals surface area contributed by atoms with Crippen LogP contribution in [0, 0.1) is 0 Å². The molecule has 108 valence electrons. The van der Waals surface area contributed by atoms with Crippen molar-refractivity contribution in [3.8, 4) is 0 Å². The lowest BCUT2D eigenvalue weighted by Gasteiger charge is -2.29. The summed E-state index contributed by atoms with van der Waals surface area (Å²) in [5.74, 6) is 0.161. The first-order chi connectivity index (χ1) is 8.74. The molecule has 3 nitrogen and oxygen atoms in total. The summed E-state index contributed by atoms with van der Waals surface area (Å²) in [6, 6.07) is 1.29. The second kappa shape index (κ2) is 6.43. The number of anilines is 1. The Balaban J connectivity index is 3.03. The monoisotopic (exact) mass is 295 g/mol. The van der Waals surface area contributed by atoms with Crippen molar-refractivity contribution in [3.63, 3.8) is 0 Å². The van der Waals surface area contributed by atoms with Gasteiger partial charge in [0, 0.05) is 18.8 Å². The van der Waals surface area contributed by atoms with Crippen LogP contribution in [0.2, 0.25) is 5.02 Å². The number of hydrogen-bond acceptors (Lipinski definition) is 3. The summed E-state index contributed by atoms with van der Waals surface area (Å²) in [6.45, 7) is 2.84. The zero-order valence-electron chi connectivity index (χ0n) is 11.1. The van der Waals surface area contributed by atoms with Gasteiger partial charge in [-0.05, 0) is 32.5 Å². The Morgan fingerprint density at radius 3 is 2.47 bits per heavy atom. The first-order valence-electron chi connectivity index (χ1n) is 5.87. The fourth-order valence-corrected chi connectivity index (χ4v) is 1.98. The van der Waals surface area contributed by atoms with Gasteiger partial charge in [-0.1, -0.05) is 11.6 Å². The molecule has 0 aliphatic carbocycles. The van der Waals surface area contributed by atoms with Crippen molar-refractivity contribution in [2.45, 2.75) is 32.6 Å². The van der Waals surface area contributed by atoms with Gasteiger partial charge in [0.2, 0.25) is 0 Å². The third-order valence-electron chi connectivity index (χ3n) is 2.50. The first-order valence-corrected chi connectivity index (χ1v) is 6.25. The van der Waals surface area contributed by atoms with Crippen LogP contribution >= 0.6 is 11.6 Å². The Hall–Kier alpha value is -1.01. The summed E-state index contributed by atoms with van der Waals surface area (Å²) in [4.78, 5) is 5.20. The number of rotatable bonds is 5. The fraction of sp³-hybridized carbons (Fsp3) is 0.583. The molecule has 7 heteroatoms. The molecule has 0 spiro atoms. The third kappa shape index (κ3) is 4.87. The van der Waals surface area contributed by atoms with Gasteiger partial charge in [-0.3, -0.25) is 0 Å². The Morgan fingerprint density at radius 2 is 2.05 bits per heavy atom. The van der Waals surface area contributed by atoms with Crippen molar-refractivity contribution in [1.82, 2.24) is 10.3 Å². The van der Waals surface area contributed by atoms with E-state index in [1.165, 1.54) is 6.20 Å². The zero-order chi connectivity index (χ0) is 14.6. The summed E-state index contributed by atoms with van der Waals surface area (Å²) in [5.41, 5.74) is 0.826. The zero-order valence-corrected chi connectivity index (χ0v) is 11.8. The van der Waals surface area contributed by atoms with Crippen LogP contribution in [0.25, 0.3) is 0 Å². The molecule has 1 N–H and O–H groups in total. The second-order valence-corrected chi connectivity index (χ2v) is 4.92. The summed E-state index contributed by atoms with van der Waals surface area (Å²) in [5, 5.41) is 3.16. The number of pyridine rings is 1. The van der Waals surface area contributed by atoms with E-state index in [0.29, 0.717) is 6.54 Å². The minimum absolute atomic E-state index is 0.161. The van der Waals surface area contributed by atoms with Crippen LogP contribution in [0.3, 0.4) is 0 Å². The van der Waals surface area contributed by atoms with E-state index in [2.05, 4.69) is 10.3 Å². The van der Waals surface area contributed by atoms with Crippen molar-refractivity contribution < 1.29 is 13.2 Å². The predicted octanol–water partition coefficient (Wildman–Crippen LogP) is 3.23. The lowest BCUT2D eigenvalue weighted by Crippen LogP contribution is -2.39. The molecule has 0 unspecified atom stereocenters. The molecule has 0 saturated heterocycles. The highest BCUT2D eigenvalue weighted by Gasteiger charge is 2.33. The molecule has 0 atom stereocenters. The Bertz CT molecular complexity index is 421. The molecule has 0 aromatic carbocycles. The molecule has 0 radical (unpaired) electrons. The minimum Gasteiger partial charge on any atom is -0.344 e. The van der Waals surface area contributed by atoms with Crippen LogP contribution in [0.15, 0.2) is 12.3 Å². The topological polar surface area (TPSA) is 28.2 Å². The van der Waals surface area contributed by atoms with Gasteiger partial charge >= 0.3 is 6.18 Å². The number of hydrogen-bond donors (Lipinski definition) is 1. The van der Waals surface area contributed by atoms with E-state index in [-0.39, 0.29) is 16.9 Å². The van der Waals surface area contributed by atoms with Crippen LogP contribution in [-0.2, 0) is 6.54 Å². The number of halogens is 4. The van der Waals surface area contributed by atoms with Gasteiger partial charge in [-0.25, -0.2) is 4.98 Å². The highest BCUT2D eigenvalue weighted by molar-refractivity contribution is 6.33. The van der Waals surface area contributed by atoms with E-state index in [1.54, 1.807) is 27.0 Å². The van der Waals surface area contributed by atoms with E-state index in [9.17, 15) is 13.2 Å². The van der Waals surface area contributed by atoms with Crippen molar-refractivity contribution in [2.24, 2.45) is 0 Å². The highest BCUT2D eigenvalue weighted by Crippen LogP contribution is 2.29. The minimum atomic E-state index is -4.29. The van der Waals surface area contributed by atoms with Gasteiger partial charge in [0.15, 0.2) is 0 Å². The normalized spacial score (nSPS) is 12.0. The predicted molar refractivity (Wildman–Crippen MR) is 70.5 cm³/mol. The Kier molecular flexibility index (Phi) is 5.43. The SMILES string of the molecule is CNCc1cnc(N(CC(F)(F)F)C(C)C)c(Cl)c1. The molecule has 19 heavy (non-hydrogen) atoms. The van der Waals surface area contributed by atoms with Gasteiger partial charge in [-0.15, -0.1) is 0 Å². The van der Waals surface area contributed by atoms with Crippen molar-refractivity contribution in [1.29, 1.82) is 0 Å². The van der Waals surface area contributed by atoms with Crippen molar-refractivity contribution in [3.05, 3.63) is 22.8 Å². The van der Waals surface area contributed by atoms with Gasteiger partial charge < -0.3 is 10.2 Å². The van der Waals surface area contributed by atoms with Gasteiger partial charge in [0.25, 0.3) is 0 Å². The number of aromatic nitrogens is 1. The molecular weight excluding hydrogens is 279 g/mol. The summed E-state index contributed by atoms with van der Waals surface area (Å²) >= 11 is 6.03. The van der Waals surface area contributed by atoms with Gasteiger partial charge in [0.05, 0.1) is 5.02 Å². The van der Waals surface area contributed by atoms with Crippen LogP contribution in [0.1, 0.15) is 19.4 Å². The van der Waals surface area contributed by atoms with Gasteiger partial charge in [0.1, 0.15) is 12.4 Å². The smallest absolute Gasteiger partial charge is 0.344 e. The molecule has 0 fully saturated rings. The number of alkyl halides is 3.